The third-order valence-electron chi connectivity index (χ3n) is 3.06. The fraction of sp³-hybridized carbons (Fsp3) is 0.263. The Morgan fingerprint density at radius 2 is 2.09 bits per heavy atom. The van der Waals surface area contributed by atoms with Gasteiger partial charge in [-0.3, -0.25) is 0 Å². The zero-order valence-corrected chi connectivity index (χ0v) is 13.9. The zero-order chi connectivity index (χ0) is 16.4. The van der Waals surface area contributed by atoms with E-state index in [1.165, 1.54) is 5.57 Å². The van der Waals surface area contributed by atoms with Gasteiger partial charge in [-0.15, -0.1) is 0 Å². The summed E-state index contributed by atoms with van der Waals surface area (Å²) in [6, 6.07) is 1.93. The largest absolute Gasteiger partial charge is 0.340 e. The Morgan fingerprint density at radius 3 is 2.68 bits per heavy atom. The average Bonchev–Trinajstić information content (AvgIpc) is 2.53. The molecule has 0 aliphatic rings. The van der Waals surface area contributed by atoms with Crippen molar-refractivity contribution in [3.63, 3.8) is 0 Å². The molecule has 3 heteroatoms. The summed E-state index contributed by atoms with van der Waals surface area (Å²) in [6.45, 7) is 12.0. The monoisotopic (exact) mass is 295 g/mol. The van der Waals surface area contributed by atoms with Gasteiger partial charge < -0.3 is 5.32 Å². The molecule has 0 aromatic carbocycles. The maximum atomic E-state index is 4.34. The van der Waals surface area contributed by atoms with Crippen LogP contribution in [0, 0.1) is 0 Å². The second kappa shape index (κ2) is 9.50. The van der Waals surface area contributed by atoms with Crippen LogP contribution >= 0.6 is 0 Å². The molecule has 0 saturated carbocycles. The van der Waals surface area contributed by atoms with Crippen LogP contribution in [-0.4, -0.2) is 9.97 Å². The zero-order valence-electron chi connectivity index (χ0n) is 13.9. The van der Waals surface area contributed by atoms with E-state index >= 15 is 0 Å². The molecule has 0 fully saturated rings. The highest BCUT2D eigenvalue weighted by molar-refractivity contribution is 5.74. The number of allylic oxidation sites excluding steroid dienone is 8. The van der Waals surface area contributed by atoms with Gasteiger partial charge in [0, 0.05) is 11.8 Å². The summed E-state index contributed by atoms with van der Waals surface area (Å²) in [6.07, 6.45) is 14.6. The number of nitrogens with one attached hydrogen (secondary N) is 1. The van der Waals surface area contributed by atoms with Crippen LogP contribution in [0.1, 0.15) is 39.8 Å². The van der Waals surface area contributed by atoms with E-state index in [9.17, 15) is 0 Å². The SMILES string of the molecule is C=C/C(=C\C(C)=C/C)c1cc(NC(/C=C\C)=C/CC)ncn1. The lowest BCUT2D eigenvalue weighted by atomic mass is 10.1. The number of hydrogen-bond donors (Lipinski definition) is 1. The molecular weight excluding hydrogens is 270 g/mol. The van der Waals surface area contributed by atoms with Gasteiger partial charge in [0.25, 0.3) is 0 Å². The van der Waals surface area contributed by atoms with E-state index in [2.05, 4.69) is 53.9 Å². The summed E-state index contributed by atoms with van der Waals surface area (Å²) in [5.41, 5.74) is 4.03. The molecule has 0 aliphatic heterocycles. The Morgan fingerprint density at radius 1 is 1.32 bits per heavy atom. The van der Waals surface area contributed by atoms with E-state index in [1.807, 2.05) is 38.1 Å². The van der Waals surface area contributed by atoms with Crippen molar-refractivity contribution in [2.75, 3.05) is 5.32 Å². The van der Waals surface area contributed by atoms with Gasteiger partial charge in [0.15, 0.2) is 0 Å². The molecule has 0 aliphatic carbocycles. The highest BCUT2D eigenvalue weighted by atomic mass is 15.0. The molecule has 0 saturated heterocycles. The van der Waals surface area contributed by atoms with Crippen LogP contribution in [0.4, 0.5) is 5.82 Å². The first kappa shape index (κ1) is 17.6. The molecule has 0 spiro atoms. The van der Waals surface area contributed by atoms with Crippen molar-refractivity contribution in [2.45, 2.75) is 34.1 Å². The highest BCUT2D eigenvalue weighted by Gasteiger charge is 2.03. The quantitative estimate of drug-likeness (QED) is 0.694. The molecule has 0 radical (unpaired) electrons. The van der Waals surface area contributed by atoms with E-state index in [4.69, 9.17) is 0 Å². The molecule has 22 heavy (non-hydrogen) atoms. The third-order valence-corrected chi connectivity index (χ3v) is 3.06. The maximum Gasteiger partial charge on any atom is 0.134 e. The molecule has 0 unspecified atom stereocenters. The Bertz CT molecular complexity index is 619. The molecular formula is C19H25N3. The van der Waals surface area contributed by atoms with Gasteiger partial charge >= 0.3 is 0 Å². The highest BCUT2D eigenvalue weighted by Crippen LogP contribution is 2.18. The van der Waals surface area contributed by atoms with Crippen LogP contribution < -0.4 is 5.32 Å². The first-order chi connectivity index (χ1) is 10.6. The first-order valence-electron chi connectivity index (χ1n) is 7.53. The summed E-state index contributed by atoms with van der Waals surface area (Å²) >= 11 is 0. The standard InChI is InChI=1S/C19H25N3/c1-6-10-17(11-7-2)22-19-13-18(20-14-21-19)16(9-4)12-15(5)8-3/h6,8-14H,4,7H2,1-3,5H3,(H,20,21,22)/b10-6-,15-8-,16-12+,17-11+. The third kappa shape index (κ3) is 5.52. The van der Waals surface area contributed by atoms with E-state index in [0.29, 0.717) is 0 Å². The van der Waals surface area contributed by atoms with E-state index in [-0.39, 0.29) is 0 Å². The summed E-state index contributed by atoms with van der Waals surface area (Å²) in [5, 5.41) is 3.31. The smallest absolute Gasteiger partial charge is 0.134 e. The average molecular weight is 295 g/mol. The molecule has 0 atom stereocenters. The number of rotatable bonds is 7. The Labute approximate surface area is 133 Å². The predicted octanol–water partition coefficient (Wildman–Crippen LogP) is 5.29. The van der Waals surface area contributed by atoms with Crippen molar-refractivity contribution in [1.29, 1.82) is 0 Å². The second-order valence-electron chi connectivity index (χ2n) is 4.82. The van der Waals surface area contributed by atoms with Crippen LogP contribution in [-0.2, 0) is 0 Å². The van der Waals surface area contributed by atoms with Crippen LogP contribution in [0.5, 0.6) is 0 Å². The van der Waals surface area contributed by atoms with E-state index in [0.717, 1.165) is 29.2 Å². The van der Waals surface area contributed by atoms with Crippen molar-refractivity contribution in [3.05, 3.63) is 72.4 Å². The van der Waals surface area contributed by atoms with Crippen molar-refractivity contribution in [2.24, 2.45) is 0 Å². The van der Waals surface area contributed by atoms with Gasteiger partial charge in [-0.05, 0) is 38.8 Å². The van der Waals surface area contributed by atoms with Crippen LogP contribution in [0.25, 0.3) is 5.57 Å². The normalized spacial score (nSPS) is 13.5. The molecule has 3 nitrogen and oxygen atoms in total. The summed E-state index contributed by atoms with van der Waals surface area (Å²) in [7, 11) is 0. The number of anilines is 1. The van der Waals surface area contributed by atoms with E-state index in [1.54, 1.807) is 6.33 Å². The summed E-state index contributed by atoms with van der Waals surface area (Å²) in [4.78, 5) is 8.63. The first-order valence-corrected chi connectivity index (χ1v) is 7.53. The molecule has 1 rings (SSSR count). The minimum absolute atomic E-state index is 0.772. The summed E-state index contributed by atoms with van der Waals surface area (Å²) in [5.74, 6) is 0.772. The Balaban J connectivity index is 3.10. The molecule has 0 bridgehead atoms. The van der Waals surface area contributed by atoms with Crippen LogP contribution in [0.15, 0.2) is 66.7 Å². The molecule has 0 amide bonds. The maximum absolute atomic E-state index is 4.34. The lowest BCUT2D eigenvalue weighted by Crippen LogP contribution is -2.01. The number of hydrogen-bond acceptors (Lipinski definition) is 3. The molecule has 1 N–H and O–H groups in total. The van der Waals surface area contributed by atoms with Gasteiger partial charge in [-0.25, -0.2) is 9.97 Å². The van der Waals surface area contributed by atoms with Gasteiger partial charge in [-0.1, -0.05) is 49.5 Å². The fourth-order valence-corrected chi connectivity index (χ4v) is 1.86. The van der Waals surface area contributed by atoms with Gasteiger partial charge in [0.2, 0.25) is 0 Å². The molecule has 1 aromatic heterocycles. The van der Waals surface area contributed by atoms with Crippen molar-refractivity contribution < 1.29 is 0 Å². The Hall–Kier alpha value is -2.42. The topological polar surface area (TPSA) is 37.8 Å². The minimum atomic E-state index is 0.772. The van der Waals surface area contributed by atoms with Gasteiger partial charge in [0.05, 0.1) is 5.69 Å². The Kier molecular flexibility index (Phi) is 7.62. The minimum Gasteiger partial charge on any atom is -0.340 e. The predicted molar refractivity (Wildman–Crippen MR) is 96.4 cm³/mol. The van der Waals surface area contributed by atoms with Crippen LogP contribution in [0.3, 0.4) is 0 Å². The molecule has 116 valence electrons. The van der Waals surface area contributed by atoms with Crippen LogP contribution in [0.2, 0.25) is 0 Å². The van der Waals surface area contributed by atoms with Crippen molar-refractivity contribution in [3.8, 4) is 0 Å². The lowest BCUT2D eigenvalue weighted by Gasteiger charge is -2.08. The fourth-order valence-electron chi connectivity index (χ4n) is 1.86. The molecule has 1 heterocycles. The number of aromatic nitrogens is 2. The van der Waals surface area contributed by atoms with Gasteiger partial charge in [0.1, 0.15) is 12.1 Å². The lowest BCUT2D eigenvalue weighted by molar-refractivity contribution is 1.13. The van der Waals surface area contributed by atoms with Gasteiger partial charge in [-0.2, -0.15) is 0 Å². The number of nitrogens with zero attached hydrogens (tertiary/aromatic N) is 2. The second-order valence-corrected chi connectivity index (χ2v) is 4.82. The summed E-state index contributed by atoms with van der Waals surface area (Å²) < 4.78 is 0. The molecule has 1 aromatic rings. The van der Waals surface area contributed by atoms with Crippen molar-refractivity contribution >= 4 is 11.4 Å². The van der Waals surface area contributed by atoms with E-state index < -0.39 is 0 Å². The van der Waals surface area contributed by atoms with Crippen molar-refractivity contribution in [1.82, 2.24) is 9.97 Å².